The first-order valence-corrected chi connectivity index (χ1v) is 7.75. The summed E-state index contributed by atoms with van der Waals surface area (Å²) in [6.07, 6.45) is 1.70. The normalized spacial score (nSPS) is 14.2. The molecule has 0 radical (unpaired) electrons. The Morgan fingerprint density at radius 1 is 1.37 bits per heavy atom. The van der Waals surface area contributed by atoms with Crippen LogP contribution >= 0.6 is 0 Å². The Hall–Kier alpha value is -1.60. The molecule has 1 N–H and O–H groups in total. The Balaban J connectivity index is 2.03. The van der Waals surface area contributed by atoms with E-state index in [1.165, 1.54) is 0 Å². The van der Waals surface area contributed by atoms with E-state index in [1.807, 2.05) is 37.3 Å². The molecule has 0 saturated carbocycles. The van der Waals surface area contributed by atoms with Crippen molar-refractivity contribution in [2.75, 3.05) is 12.0 Å². The Kier molecular flexibility index (Phi) is 4.75. The minimum Gasteiger partial charge on any atom is -0.306 e. The van der Waals surface area contributed by atoms with Gasteiger partial charge in [-0.1, -0.05) is 18.2 Å². The zero-order valence-electron chi connectivity index (χ0n) is 11.0. The number of tetrazole rings is 1. The number of hydrogen-bond acceptors (Lipinski definition) is 5. The largest absolute Gasteiger partial charge is 0.306 e. The van der Waals surface area contributed by atoms with Gasteiger partial charge in [0.05, 0.1) is 12.2 Å². The van der Waals surface area contributed by atoms with Gasteiger partial charge in [0, 0.05) is 28.9 Å². The van der Waals surface area contributed by atoms with Gasteiger partial charge in [-0.05, 0) is 29.5 Å². The molecule has 0 fully saturated rings. The van der Waals surface area contributed by atoms with Crippen LogP contribution in [0.1, 0.15) is 12.7 Å². The fourth-order valence-corrected chi connectivity index (χ4v) is 2.58. The van der Waals surface area contributed by atoms with E-state index in [0.29, 0.717) is 12.3 Å². The van der Waals surface area contributed by atoms with Gasteiger partial charge in [-0.25, -0.2) is 0 Å². The van der Waals surface area contributed by atoms with E-state index in [2.05, 4.69) is 20.8 Å². The number of benzene rings is 1. The SMILES string of the molecule is CC(CS(C)=O)NCc1nnnn1-c1ccccc1. The van der Waals surface area contributed by atoms with Gasteiger partial charge in [0.15, 0.2) is 5.82 Å². The standard InChI is InChI=1S/C12H17N5OS/c1-10(9-19(2)18)13-8-12-14-15-16-17(12)11-6-4-3-5-7-11/h3-7,10,13H,8-9H2,1-2H3. The molecule has 0 aliphatic carbocycles. The molecule has 19 heavy (non-hydrogen) atoms. The lowest BCUT2D eigenvalue weighted by atomic mass is 10.3. The topological polar surface area (TPSA) is 72.7 Å². The highest BCUT2D eigenvalue weighted by Crippen LogP contribution is 2.06. The van der Waals surface area contributed by atoms with Crippen LogP contribution in [0.25, 0.3) is 5.69 Å². The van der Waals surface area contributed by atoms with E-state index in [4.69, 9.17) is 0 Å². The molecule has 6 nitrogen and oxygen atoms in total. The van der Waals surface area contributed by atoms with Crippen molar-refractivity contribution < 1.29 is 4.21 Å². The second-order valence-corrected chi connectivity index (χ2v) is 5.84. The highest BCUT2D eigenvalue weighted by molar-refractivity contribution is 7.84. The number of para-hydroxylation sites is 1. The Morgan fingerprint density at radius 2 is 2.11 bits per heavy atom. The predicted octanol–water partition coefficient (Wildman–Crippen LogP) is 0.519. The summed E-state index contributed by atoms with van der Waals surface area (Å²) in [6.45, 7) is 2.54. The van der Waals surface area contributed by atoms with E-state index < -0.39 is 10.8 Å². The van der Waals surface area contributed by atoms with E-state index in [0.717, 1.165) is 11.5 Å². The zero-order chi connectivity index (χ0) is 13.7. The average Bonchev–Trinajstić information content (AvgIpc) is 2.85. The van der Waals surface area contributed by atoms with Crippen LogP contribution in [0.2, 0.25) is 0 Å². The first-order valence-electron chi connectivity index (χ1n) is 6.03. The molecule has 2 unspecified atom stereocenters. The predicted molar refractivity (Wildman–Crippen MR) is 74.4 cm³/mol. The summed E-state index contributed by atoms with van der Waals surface area (Å²) < 4.78 is 12.8. The van der Waals surface area contributed by atoms with E-state index in [9.17, 15) is 4.21 Å². The Bertz CT molecular complexity index is 542. The summed E-state index contributed by atoms with van der Waals surface area (Å²) in [5.74, 6) is 1.35. The van der Waals surface area contributed by atoms with Crippen molar-refractivity contribution >= 4 is 10.8 Å². The second kappa shape index (κ2) is 6.53. The molecule has 2 rings (SSSR count). The quantitative estimate of drug-likeness (QED) is 0.834. The molecule has 0 bridgehead atoms. The van der Waals surface area contributed by atoms with Crippen LogP contribution < -0.4 is 5.32 Å². The van der Waals surface area contributed by atoms with Gasteiger partial charge in [-0.3, -0.25) is 4.21 Å². The van der Waals surface area contributed by atoms with Crippen molar-refractivity contribution in [2.24, 2.45) is 0 Å². The van der Waals surface area contributed by atoms with E-state index >= 15 is 0 Å². The van der Waals surface area contributed by atoms with E-state index in [-0.39, 0.29) is 6.04 Å². The van der Waals surface area contributed by atoms with Crippen molar-refractivity contribution in [1.82, 2.24) is 25.5 Å². The summed E-state index contributed by atoms with van der Waals surface area (Å²) in [5, 5.41) is 15.0. The number of rotatable bonds is 6. The van der Waals surface area contributed by atoms with Crippen molar-refractivity contribution in [3.63, 3.8) is 0 Å². The van der Waals surface area contributed by atoms with Crippen LogP contribution in [0, 0.1) is 0 Å². The first kappa shape index (κ1) is 13.8. The summed E-state index contributed by atoms with van der Waals surface area (Å²) in [6, 6.07) is 9.89. The number of hydrogen-bond donors (Lipinski definition) is 1. The minimum atomic E-state index is -0.806. The van der Waals surface area contributed by atoms with Crippen LogP contribution in [0.15, 0.2) is 30.3 Å². The lowest BCUT2D eigenvalue weighted by Gasteiger charge is -2.11. The van der Waals surface area contributed by atoms with Crippen LogP contribution in [0.3, 0.4) is 0 Å². The average molecular weight is 279 g/mol. The number of aromatic nitrogens is 4. The molecule has 0 spiro atoms. The molecule has 1 heterocycles. The molecule has 102 valence electrons. The number of nitrogens with one attached hydrogen (secondary N) is 1. The smallest absolute Gasteiger partial charge is 0.170 e. The van der Waals surface area contributed by atoms with Crippen molar-refractivity contribution in [2.45, 2.75) is 19.5 Å². The summed E-state index contributed by atoms with van der Waals surface area (Å²) in [4.78, 5) is 0. The van der Waals surface area contributed by atoms with Gasteiger partial charge < -0.3 is 5.32 Å². The summed E-state index contributed by atoms with van der Waals surface area (Å²) in [5.41, 5.74) is 0.927. The van der Waals surface area contributed by atoms with Gasteiger partial charge in [0.25, 0.3) is 0 Å². The highest BCUT2D eigenvalue weighted by Gasteiger charge is 2.10. The number of nitrogens with zero attached hydrogens (tertiary/aromatic N) is 4. The third kappa shape index (κ3) is 3.93. The molecular formula is C12H17N5OS. The fourth-order valence-electron chi connectivity index (χ4n) is 1.76. The monoisotopic (exact) mass is 279 g/mol. The third-order valence-electron chi connectivity index (χ3n) is 2.63. The van der Waals surface area contributed by atoms with Gasteiger partial charge in [0.2, 0.25) is 0 Å². The van der Waals surface area contributed by atoms with Crippen LogP contribution in [0.5, 0.6) is 0 Å². The molecule has 2 aromatic rings. The molecule has 0 aliphatic rings. The van der Waals surface area contributed by atoms with Gasteiger partial charge in [0.1, 0.15) is 0 Å². The van der Waals surface area contributed by atoms with Crippen LogP contribution in [-0.4, -0.2) is 42.5 Å². The second-order valence-electron chi connectivity index (χ2n) is 4.36. The molecule has 7 heteroatoms. The first-order chi connectivity index (χ1) is 9.16. The molecule has 0 aliphatic heterocycles. The zero-order valence-corrected chi connectivity index (χ0v) is 11.8. The lowest BCUT2D eigenvalue weighted by molar-refractivity contribution is 0.563. The maximum atomic E-state index is 11.1. The fraction of sp³-hybridized carbons (Fsp3) is 0.417. The minimum absolute atomic E-state index is 0.159. The maximum Gasteiger partial charge on any atom is 0.170 e. The van der Waals surface area contributed by atoms with Gasteiger partial charge in [-0.2, -0.15) is 4.68 Å². The van der Waals surface area contributed by atoms with Crippen LogP contribution in [0.4, 0.5) is 0 Å². The van der Waals surface area contributed by atoms with Crippen molar-refractivity contribution in [3.8, 4) is 5.69 Å². The summed E-state index contributed by atoms with van der Waals surface area (Å²) in [7, 11) is -0.806. The maximum absolute atomic E-state index is 11.1. The summed E-state index contributed by atoms with van der Waals surface area (Å²) >= 11 is 0. The molecule has 1 aromatic carbocycles. The lowest BCUT2D eigenvalue weighted by Crippen LogP contribution is -2.31. The highest BCUT2D eigenvalue weighted by atomic mass is 32.2. The van der Waals surface area contributed by atoms with Gasteiger partial charge >= 0.3 is 0 Å². The molecule has 0 saturated heterocycles. The molecule has 1 aromatic heterocycles. The molecule has 0 amide bonds. The molecular weight excluding hydrogens is 262 g/mol. The third-order valence-corrected chi connectivity index (χ3v) is 3.60. The van der Waals surface area contributed by atoms with Crippen molar-refractivity contribution in [3.05, 3.63) is 36.2 Å². The van der Waals surface area contributed by atoms with Crippen LogP contribution in [-0.2, 0) is 17.3 Å². The Morgan fingerprint density at radius 3 is 2.79 bits per heavy atom. The van der Waals surface area contributed by atoms with Gasteiger partial charge in [-0.15, -0.1) is 5.10 Å². The Labute approximate surface area is 114 Å². The van der Waals surface area contributed by atoms with E-state index in [1.54, 1.807) is 10.9 Å². The van der Waals surface area contributed by atoms with Crippen molar-refractivity contribution in [1.29, 1.82) is 0 Å². The molecule has 2 atom stereocenters.